The zero-order valence-electron chi connectivity index (χ0n) is 13.8. The number of hydrogen-bond donors (Lipinski definition) is 2. The van der Waals surface area contributed by atoms with Gasteiger partial charge in [-0.1, -0.05) is 6.92 Å². The summed E-state index contributed by atoms with van der Waals surface area (Å²) in [6.07, 6.45) is 0.906. The van der Waals surface area contributed by atoms with Crippen LogP contribution in [0.2, 0.25) is 0 Å². The molecule has 0 spiro atoms. The molecule has 1 aromatic carbocycles. The van der Waals surface area contributed by atoms with Crippen LogP contribution in [0, 0.1) is 5.82 Å². The highest BCUT2D eigenvalue weighted by atomic mass is 19.1. The van der Waals surface area contributed by atoms with Crippen LogP contribution < -0.4 is 0 Å². The number of aliphatic hydroxyl groups is 1. The Labute approximate surface area is 136 Å². The third-order valence-electron chi connectivity index (χ3n) is 4.53. The zero-order valence-corrected chi connectivity index (χ0v) is 13.8. The number of hydrogen-bond acceptors (Lipinski definition) is 5. The lowest BCUT2D eigenvalue weighted by Crippen LogP contribution is -2.50. The number of carbonyl (C=O) groups is 1. The summed E-state index contributed by atoms with van der Waals surface area (Å²) in [5.41, 5.74) is 0.475. The van der Waals surface area contributed by atoms with Gasteiger partial charge in [-0.3, -0.25) is 14.6 Å². The summed E-state index contributed by atoms with van der Waals surface area (Å²) in [6.45, 7) is 7.15. The second-order valence-corrected chi connectivity index (χ2v) is 6.07. The van der Waals surface area contributed by atoms with Crippen LogP contribution in [0.3, 0.4) is 0 Å². The molecule has 1 saturated heterocycles. The van der Waals surface area contributed by atoms with Crippen LogP contribution >= 0.6 is 0 Å². The Morgan fingerprint density at radius 3 is 2.48 bits per heavy atom. The summed E-state index contributed by atoms with van der Waals surface area (Å²) in [4.78, 5) is 15.9. The third kappa shape index (κ3) is 4.28. The number of piperazine rings is 1. The fraction of sp³-hybridized carbons (Fsp3) is 0.588. The number of nitrogens with zero attached hydrogens (tertiary/aromatic N) is 2. The summed E-state index contributed by atoms with van der Waals surface area (Å²) in [5.74, 6) is -0.974. The lowest BCUT2D eigenvalue weighted by Gasteiger charge is -2.38. The number of aromatic hydroxyl groups is 1. The molecule has 1 aromatic rings. The number of halogens is 1. The van der Waals surface area contributed by atoms with E-state index in [1.807, 2.05) is 0 Å². The first-order chi connectivity index (χ1) is 11.0. The number of aliphatic hydroxyl groups excluding tert-OH is 1. The first-order valence-corrected chi connectivity index (χ1v) is 8.05. The quantitative estimate of drug-likeness (QED) is 0.779. The molecule has 0 aliphatic carbocycles. The summed E-state index contributed by atoms with van der Waals surface area (Å²) < 4.78 is 13.7. The predicted octanol–water partition coefficient (Wildman–Crippen LogP) is 1.62. The van der Waals surface area contributed by atoms with E-state index in [-0.39, 0.29) is 29.7 Å². The van der Waals surface area contributed by atoms with E-state index >= 15 is 0 Å². The maximum atomic E-state index is 13.7. The van der Waals surface area contributed by atoms with Gasteiger partial charge in [0.25, 0.3) is 0 Å². The van der Waals surface area contributed by atoms with Crippen LogP contribution in [-0.2, 0) is 6.54 Å². The van der Waals surface area contributed by atoms with E-state index in [1.54, 1.807) is 0 Å². The van der Waals surface area contributed by atoms with Gasteiger partial charge < -0.3 is 10.2 Å². The molecule has 0 aromatic heterocycles. The summed E-state index contributed by atoms with van der Waals surface area (Å²) >= 11 is 0. The van der Waals surface area contributed by atoms with Gasteiger partial charge in [0, 0.05) is 44.3 Å². The first kappa shape index (κ1) is 17.8. The fourth-order valence-electron chi connectivity index (χ4n) is 3.07. The van der Waals surface area contributed by atoms with E-state index in [4.69, 9.17) is 0 Å². The minimum Gasteiger partial charge on any atom is -0.507 e. The maximum Gasteiger partial charge on any atom is 0.163 e. The van der Waals surface area contributed by atoms with Gasteiger partial charge in [0.1, 0.15) is 11.6 Å². The van der Waals surface area contributed by atoms with Gasteiger partial charge in [-0.05, 0) is 25.5 Å². The lowest BCUT2D eigenvalue weighted by molar-refractivity contribution is 0.0605. The Morgan fingerprint density at radius 2 is 1.96 bits per heavy atom. The molecule has 0 radical (unpaired) electrons. The molecule has 1 aliphatic heterocycles. The highest BCUT2D eigenvalue weighted by Crippen LogP contribution is 2.26. The summed E-state index contributed by atoms with van der Waals surface area (Å²) in [7, 11) is 0. The number of ketones is 1. The molecule has 1 heterocycles. The van der Waals surface area contributed by atoms with Crippen molar-refractivity contribution in [1.82, 2.24) is 9.80 Å². The molecule has 1 unspecified atom stereocenters. The number of carbonyl (C=O) groups excluding carboxylic acids is 1. The van der Waals surface area contributed by atoms with Crippen LogP contribution in [-0.4, -0.2) is 64.6 Å². The Balaban J connectivity index is 2.03. The van der Waals surface area contributed by atoms with Crippen LogP contribution in [0.4, 0.5) is 4.39 Å². The molecule has 128 valence electrons. The van der Waals surface area contributed by atoms with Crippen LogP contribution in [0.5, 0.6) is 5.75 Å². The van der Waals surface area contributed by atoms with Gasteiger partial charge in [-0.2, -0.15) is 0 Å². The summed E-state index contributed by atoms with van der Waals surface area (Å²) in [5, 5.41) is 19.5. The van der Waals surface area contributed by atoms with E-state index in [0.29, 0.717) is 12.1 Å². The Kier molecular flexibility index (Phi) is 6.10. The van der Waals surface area contributed by atoms with Gasteiger partial charge in [-0.15, -0.1) is 0 Å². The van der Waals surface area contributed by atoms with E-state index in [2.05, 4.69) is 16.7 Å². The number of Topliss-reactive ketones (excluding diaryl/α,β-unsaturated/α-hetero) is 1. The van der Waals surface area contributed by atoms with Crippen LogP contribution in [0.25, 0.3) is 0 Å². The molecular weight excluding hydrogens is 299 g/mol. The average molecular weight is 324 g/mol. The molecule has 23 heavy (non-hydrogen) atoms. The molecule has 6 heteroatoms. The number of phenols is 1. The van der Waals surface area contributed by atoms with Crippen LogP contribution in [0.1, 0.15) is 36.2 Å². The Bertz CT molecular complexity index is 553. The smallest absolute Gasteiger partial charge is 0.163 e. The van der Waals surface area contributed by atoms with Crippen molar-refractivity contribution in [1.29, 1.82) is 0 Å². The lowest BCUT2D eigenvalue weighted by atomic mass is 10.0. The topological polar surface area (TPSA) is 64.0 Å². The zero-order chi connectivity index (χ0) is 17.0. The van der Waals surface area contributed by atoms with Crippen molar-refractivity contribution in [3.8, 4) is 5.75 Å². The van der Waals surface area contributed by atoms with Gasteiger partial charge in [0.05, 0.1) is 12.2 Å². The van der Waals surface area contributed by atoms with Crippen molar-refractivity contribution in [2.45, 2.75) is 32.9 Å². The first-order valence-electron chi connectivity index (χ1n) is 8.05. The van der Waals surface area contributed by atoms with Gasteiger partial charge >= 0.3 is 0 Å². The number of phenolic OH excluding ortho intramolecular Hbond substituents is 1. The monoisotopic (exact) mass is 324 g/mol. The third-order valence-corrected chi connectivity index (χ3v) is 4.53. The molecule has 2 N–H and O–H groups in total. The molecule has 2 rings (SSSR count). The van der Waals surface area contributed by atoms with Crippen molar-refractivity contribution < 1.29 is 19.4 Å². The molecule has 0 saturated carbocycles. The highest BCUT2D eigenvalue weighted by molar-refractivity contribution is 5.97. The van der Waals surface area contributed by atoms with Gasteiger partial charge in [0.15, 0.2) is 5.78 Å². The van der Waals surface area contributed by atoms with Gasteiger partial charge in [0.2, 0.25) is 0 Å². The van der Waals surface area contributed by atoms with Crippen LogP contribution in [0.15, 0.2) is 12.1 Å². The highest BCUT2D eigenvalue weighted by Gasteiger charge is 2.23. The summed E-state index contributed by atoms with van der Waals surface area (Å²) in [6, 6.07) is 2.55. The molecular formula is C17H25FN2O3. The normalized spacial score (nSPS) is 18.1. The van der Waals surface area contributed by atoms with E-state index in [9.17, 15) is 19.4 Å². The van der Waals surface area contributed by atoms with Crippen molar-refractivity contribution in [2.75, 3.05) is 32.8 Å². The number of rotatable bonds is 6. The van der Waals surface area contributed by atoms with Crippen molar-refractivity contribution >= 4 is 5.78 Å². The van der Waals surface area contributed by atoms with E-state index < -0.39 is 5.82 Å². The van der Waals surface area contributed by atoms with Crippen molar-refractivity contribution in [3.05, 3.63) is 29.1 Å². The fourth-order valence-corrected chi connectivity index (χ4v) is 3.07. The number of benzene rings is 1. The molecule has 0 amide bonds. The second-order valence-electron chi connectivity index (χ2n) is 6.07. The van der Waals surface area contributed by atoms with E-state index in [0.717, 1.165) is 38.7 Å². The standard InChI is InChI=1S/C17H25FN2O3/c1-3-15(11-21)20-6-4-19(5-7-20)10-13-8-14(18)9-16(12(2)22)17(13)23/h8-9,15,21,23H,3-7,10-11H2,1-2H3. The molecule has 1 atom stereocenters. The second kappa shape index (κ2) is 7.86. The predicted molar refractivity (Wildman–Crippen MR) is 86.1 cm³/mol. The Morgan fingerprint density at radius 1 is 1.30 bits per heavy atom. The van der Waals surface area contributed by atoms with Gasteiger partial charge in [-0.25, -0.2) is 4.39 Å². The molecule has 0 bridgehead atoms. The minimum atomic E-state index is -0.507. The molecule has 5 nitrogen and oxygen atoms in total. The molecule has 1 aliphatic rings. The largest absolute Gasteiger partial charge is 0.507 e. The maximum absolute atomic E-state index is 13.7. The SMILES string of the molecule is CCC(CO)N1CCN(Cc2cc(F)cc(C(C)=O)c2O)CC1. The average Bonchev–Trinajstić information content (AvgIpc) is 2.53. The van der Waals surface area contributed by atoms with E-state index in [1.165, 1.54) is 13.0 Å². The molecule has 1 fully saturated rings. The minimum absolute atomic E-state index is 0.0324. The van der Waals surface area contributed by atoms with Crippen molar-refractivity contribution in [3.63, 3.8) is 0 Å². The van der Waals surface area contributed by atoms with Crippen molar-refractivity contribution in [2.24, 2.45) is 0 Å². The Hall–Kier alpha value is -1.50.